The smallest absolute Gasteiger partial charge is 0.230 e. The number of benzene rings is 1. The second-order valence-corrected chi connectivity index (χ2v) is 3.64. The fourth-order valence-corrected chi connectivity index (χ4v) is 1.88. The molecule has 0 fully saturated rings. The zero-order valence-corrected chi connectivity index (χ0v) is 10.1. The van der Waals surface area contributed by atoms with Gasteiger partial charge in [0, 0.05) is 5.56 Å². The van der Waals surface area contributed by atoms with Crippen molar-refractivity contribution in [3.05, 3.63) is 23.4 Å². The average Bonchev–Trinajstić information content (AvgIpc) is 2.75. The lowest BCUT2D eigenvalue weighted by Crippen LogP contribution is -1.93. The summed E-state index contributed by atoms with van der Waals surface area (Å²) in [5.74, 6) is 1.21. The number of ether oxygens (including phenoxy) is 2. The van der Waals surface area contributed by atoms with E-state index in [0.717, 1.165) is 0 Å². The van der Waals surface area contributed by atoms with E-state index < -0.39 is 0 Å². The summed E-state index contributed by atoms with van der Waals surface area (Å²) in [6, 6.07) is 3.51. The van der Waals surface area contributed by atoms with Gasteiger partial charge in [-0.25, -0.2) is 0 Å². The van der Waals surface area contributed by atoms with E-state index in [2.05, 4.69) is 5.16 Å². The fraction of sp³-hybridized carbons (Fsp3) is 0.182. The lowest BCUT2D eigenvalue weighted by atomic mass is 10.1. The molecule has 0 radical (unpaired) electrons. The third-order valence-electron chi connectivity index (χ3n) is 2.37. The van der Waals surface area contributed by atoms with Gasteiger partial charge in [-0.15, -0.1) is 0 Å². The number of anilines is 1. The van der Waals surface area contributed by atoms with Crippen molar-refractivity contribution in [3.8, 4) is 22.6 Å². The van der Waals surface area contributed by atoms with Gasteiger partial charge in [0.25, 0.3) is 0 Å². The summed E-state index contributed by atoms with van der Waals surface area (Å²) in [6.45, 7) is 0. The molecule has 2 aromatic rings. The number of nitrogen functional groups attached to an aromatic ring is 1. The zero-order chi connectivity index (χ0) is 12.4. The van der Waals surface area contributed by atoms with Crippen LogP contribution < -0.4 is 15.2 Å². The first-order valence-electron chi connectivity index (χ1n) is 4.80. The first-order chi connectivity index (χ1) is 8.19. The Morgan fingerprint density at radius 3 is 2.53 bits per heavy atom. The molecule has 0 bridgehead atoms. The Balaban J connectivity index is 2.61. The molecule has 1 heterocycles. The van der Waals surface area contributed by atoms with Gasteiger partial charge in [0.05, 0.1) is 31.0 Å². The van der Waals surface area contributed by atoms with Crippen LogP contribution in [-0.4, -0.2) is 19.4 Å². The number of rotatable bonds is 3. The van der Waals surface area contributed by atoms with Gasteiger partial charge in [0.15, 0.2) is 11.5 Å². The summed E-state index contributed by atoms with van der Waals surface area (Å²) in [5.41, 5.74) is 6.95. The van der Waals surface area contributed by atoms with Crippen molar-refractivity contribution in [2.45, 2.75) is 0 Å². The largest absolute Gasteiger partial charge is 0.493 e. The lowest BCUT2D eigenvalue weighted by Gasteiger charge is -2.11. The first kappa shape index (κ1) is 11.6. The summed E-state index contributed by atoms with van der Waals surface area (Å²) >= 11 is 6.23. The van der Waals surface area contributed by atoms with Gasteiger partial charge in [-0.05, 0) is 12.1 Å². The minimum absolute atomic E-state index is 0.208. The Kier molecular flexibility index (Phi) is 3.10. The number of nitrogens with zero attached hydrogens (tertiary/aromatic N) is 1. The van der Waals surface area contributed by atoms with E-state index in [1.807, 2.05) is 0 Å². The Bertz CT molecular complexity index is 540. The van der Waals surface area contributed by atoms with E-state index in [0.29, 0.717) is 27.6 Å². The van der Waals surface area contributed by atoms with Crippen LogP contribution in [0.1, 0.15) is 0 Å². The van der Waals surface area contributed by atoms with Gasteiger partial charge in [0.1, 0.15) is 0 Å². The summed E-state index contributed by atoms with van der Waals surface area (Å²) in [7, 11) is 3.06. The molecule has 5 nitrogen and oxygen atoms in total. The molecule has 0 unspecified atom stereocenters. The molecule has 0 saturated carbocycles. The van der Waals surface area contributed by atoms with Gasteiger partial charge in [-0.1, -0.05) is 16.8 Å². The molecule has 90 valence electrons. The van der Waals surface area contributed by atoms with Crippen LogP contribution in [0.25, 0.3) is 11.1 Å². The highest BCUT2D eigenvalue weighted by Gasteiger charge is 2.17. The molecule has 6 heteroatoms. The Morgan fingerprint density at radius 1 is 1.24 bits per heavy atom. The number of nitrogens with two attached hydrogens (primary N) is 1. The van der Waals surface area contributed by atoms with Crippen LogP contribution in [0.3, 0.4) is 0 Å². The van der Waals surface area contributed by atoms with E-state index in [1.54, 1.807) is 19.2 Å². The van der Waals surface area contributed by atoms with Crippen LogP contribution in [0, 0.1) is 0 Å². The lowest BCUT2D eigenvalue weighted by molar-refractivity contribution is 0.355. The molecule has 1 aromatic heterocycles. The molecule has 0 amide bonds. The van der Waals surface area contributed by atoms with E-state index >= 15 is 0 Å². The molecule has 0 aliphatic rings. The second kappa shape index (κ2) is 4.55. The van der Waals surface area contributed by atoms with Gasteiger partial charge < -0.3 is 19.7 Å². The van der Waals surface area contributed by atoms with Crippen LogP contribution in [0.15, 0.2) is 22.9 Å². The topological polar surface area (TPSA) is 70.5 Å². The number of halogens is 1. The summed E-state index contributed by atoms with van der Waals surface area (Å²) < 4.78 is 15.1. The molecular formula is C11H11ClN2O3. The molecular weight excluding hydrogens is 244 g/mol. The molecule has 0 aliphatic heterocycles. The van der Waals surface area contributed by atoms with Crippen LogP contribution >= 0.6 is 11.6 Å². The van der Waals surface area contributed by atoms with Crippen molar-refractivity contribution in [2.24, 2.45) is 0 Å². The molecule has 0 spiro atoms. The summed E-state index contributed by atoms with van der Waals surface area (Å²) in [4.78, 5) is 0. The van der Waals surface area contributed by atoms with Crippen molar-refractivity contribution in [1.29, 1.82) is 0 Å². The van der Waals surface area contributed by atoms with E-state index in [1.165, 1.54) is 13.3 Å². The maximum Gasteiger partial charge on any atom is 0.230 e. The minimum atomic E-state index is 0.208. The third kappa shape index (κ3) is 1.89. The van der Waals surface area contributed by atoms with Crippen molar-refractivity contribution >= 4 is 17.5 Å². The molecule has 0 saturated heterocycles. The monoisotopic (exact) mass is 254 g/mol. The molecule has 17 heavy (non-hydrogen) atoms. The molecule has 0 aliphatic carbocycles. The van der Waals surface area contributed by atoms with E-state index in [9.17, 15) is 0 Å². The zero-order valence-electron chi connectivity index (χ0n) is 9.36. The summed E-state index contributed by atoms with van der Waals surface area (Å²) in [5, 5.41) is 4.01. The number of hydrogen-bond donors (Lipinski definition) is 1. The maximum absolute atomic E-state index is 6.23. The molecule has 1 aromatic carbocycles. The van der Waals surface area contributed by atoms with Gasteiger partial charge in [-0.2, -0.15) is 0 Å². The van der Waals surface area contributed by atoms with Crippen molar-refractivity contribution < 1.29 is 14.0 Å². The Labute approximate surface area is 103 Å². The second-order valence-electron chi connectivity index (χ2n) is 3.27. The van der Waals surface area contributed by atoms with Crippen molar-refractivity contribution in [3.63, 3.8) is 0 Å². The van der Waals surface area contributed by atoms with Crippen molar-refractivity contribution in [2.75, 3.05) is 20.0 Å². The van der Waals surface area contributed by atoms with Crippen LogP contribution in [-0.2, 0) is 0 Å². The normalized spacial score (nSPS) is 10.3. The predicted octanol–water partition coefficient (Wildman–Crippen LogP) is 2.59. The van der Waals surface area contributed by atoms with Gasteiger partial charge >= 0.3 is 0 Å². The first-order valence-corrected chi connectivity index (χ1v) is 5.17. The Hall–Kier alpha value is -1.88. The average molecular weight is 255 g/mol. The van der Waals surface area contributed by atoms with Gasteiger partial charge in [-0.3, -0.25) is 0 Å². The predicted molar refractivity (Wildman–Crippen MR) is 64.5 cm³/mol. The third-order valence-corrected chi connectivity index (χ3v) is 2.75. The highest BCUT2D eigenvalue weighted by molar-refractivity contribution is 6.35. The number of aromatic nitrogens is 1. The van der Waals surface area contributed by atoms with Crippen LogP contribution in [0.5, 0.6) is 11.5 Å². The van der Waals surface area contributed by atoms with Crippen LogP contribution in [0.4, 0.5) is 5.88 Å². The minimum Gasteiger partial charge on any atom is -0.493 e. The SMILES string of the molecule is COc1ccc(-c2cnoc2N)c(Cl)c1OC. The van der Waals surface area contributed by atoms with Crippen LogP contribution in [0.2, 0.25) is 5.02 Å². The fourth-order valence-electron chi connectivity index (χ4n) is 1.55. The standard InChI is InChI=1S/C11H11ClN2O3/c1-15-8-4-3-6(9(12)10(8)16-2)7-5-14-17-11(7)13/h3-5H,13H2,1-2H3. The summed E-state index contributed by atoms with van der Waals surface area (Å²) in [6.07, 6.45) is 1.50. The molecule has 0 atom stereocenters. The van der Waals surface area contributed by atoms with E-state index in [-0.39, 0.29) is 5.88 Å². The van der Waals surface area contributed by atoms with Crippen molar-refractivity contribution in [1.82, 2.24) is 5.16 Å². The quantitative estimate of drug-likeness (QED) is 0.912. The Morgan fingerprint density at radius 2 is 2.00 bits per heavy atom. The molecule has 2 N–H and O–H groups in total. The highest BCUT2D eigenvalue weighted by atomic mass is 35.5. The van der Waals surface area contributed by atoms with E-state index in [4.69, 9.17) is 31.3 Å². The maximum atomic E-state index is 6.23. The van der Waals surface area contributed by atoms with Gasteiger partial charge in [0.2, 0.25) is 5.88 Å². The highest BCUT2D eigenvalue weighted by Crippen LogP contribution is 2.42. The number of hydrogen-bond acceptors (Lipinski definition) is 5. The molecule has 2 rings (SSSR count). The number of methoxy groups -OCH3 is 2.